The Morgan fingerprint density at radius 1 is 1.38 bits per heavy atom. The summed E-state index contributed by atoms with van der Waals surface area (Å²) in [5, 5.41) is 0. The zero-order chi connectivity index (χ0) is 18.1. The van der Waals surface area contributed by atoms with Gasteiger partial charge in [-0.3, -0.25) is 23.9 Å². The molecule has 0 amide bonds. The van der Waals surface area contributed by atoms with Crippen LogP contribution in [-0.4, -0.2) is 46.0 Å². The fourth-order valence-corrected chi connectivity index (χ4v) is 2.52. The first-order valence-corrected chi connectivity index (χ1v) is 7.09. The van der Waals surface area contributed by atoms with E-state index in [4.69, 9.17) is 14.2 Å². The number of carbonyl (C=O) groups is 2. The van der Waals surface area contributed by atoms with Crippen LogP contribution in [0.1, 0.15) is 27.0 Å². The Hall–Kier alpha value is -2.49. The van der Waals surface area contributed by atoms with Crippen molar-refractivity contribution >= 4 is 11.9 Å². The van der Waals surface area contributed by atoms with Gasteiger partial charge in [0.1, 0.15) is 12.7 Å². The molecule has 0 radical (unpaired) electrons. The van der Waals surface area contributed by atoms with E-state index in [1.54, 1.807) is 0 Å². The maximum atomic E-state index is 15.2. The normalized spacial score (nSPS) is 29.2. The molecule has 0 aromatic carbocycles. The largest absolute Gasteiger partial charge is 0.463 e. The molecule has 0 spiro atoms. The number of H-pyrrole nitrogens is 1. The Kier molecular flexibility index (Phi) is 4.88. The number of aromatic amines is 1. The van der Waals surface area contributed by atoms with Crippen LogP contribution in [0.3, 0.4) is 0 Å². The van der Waals surface area contributed by atoms with Crippen LogP contribution in [0.2, 0.25) is 0 Å². The quantitative estimate of drug-likeness (QED) is 0.742. The molecule has 0 bridgehead atoms. The number of esters is 2. The molecule has 4 atom stereocenters. The summed E-state index contributed by atoms with van der Waals surface area (Å²) in [6, 6.07) is 1.03. The van der Waals surface area contributed by atoms with Crippen molar-refractivity contribution in [2.24, 2.45) is 0 Å². The highest BCUT2D eigenvalue weighted by molar-refractivity contribution is 5.66. The lowest BCUT2D eigenvalue weighted by Gasteiger charge is -2.27. The van der Waals surface area contributed by atoms with Crippen LogP contribution >= 0.6 is 0 Å². The minimum Gasteiger partial charge on any atom is -0.463 e. The molecule has 1 saturated heterocycles. The van der Waals surface area contributed by atoms with Crippen molar-refractivity contribution in [1.82, 2.24) is 9.55 Å². The van der Waals surface area contributed by atoms with Crippen LogP contribution in [0.4, 0.5) is 4.39 Å². The highest BCUT2D eigenvalue weighted by Crippen LogP contribution is 2.42. The summed E-state index contributed by atoms with van der Waals surface area (Å²) in [6.45, 7) is 2.99. The number of nitrogens with zero attached hydrogens (tertiary/aromatic N) is 1. The highest BCUT2D eigenvalue weighted by Gasteiger charge is 2.58. The van der Waals surface area contributed by atoms with Gasteiger partial charge in [-0.2, -0.15) is 0 Å². The first-order valence-electron chi connectivity index (χ1n) is 7.09. The first-order chi connectivity index (χ1) is 11.1. The number of ether oxygens (including phenoxy) is 3. The Labute approximate surface area is 135 Å². The molecule has 10 heteroatoms. The molecule has 2 heterocycles. The highest BCUT2D eigenvalue weighted by atomic mass is 19.1. The second-order valence-corrected chi connectivity index (χ2v) is 5.53. The monoisotopic (exact) mass is 344 g/mol. The van der Waals surface area contributed by atoms with E-state index in [0.29, 0.717) is 0 Å². The van der Waals surface area contributed by atoms with Gasteiger partial charge in [0.2, 0.25) is 0 Å². The summed E-state index contributed by atoms with van der Waals surface area (Å²) in [5.41, 5.74) is -3.84. The van der Waals surface area contributed by atoms with Gasteiger partial charge >= 0.3 is 17.6 Å². The van der Waals surface area contributed by atoms with E-state index in [2.05, 4.69) is 0 Å². The molecule has 1 aliphatic heterocycles. The average molecular weight is 344 g/mol. The van der Waals surface area contributed by atoms with Crippen molar-refractivity contribution in [3.05, 3.63) is 33.1 Å². The van der Waals surface area contributed by atoms with Gasteiger partial charge in [-0.15, -0.1) is 0 Å². The molecule has 2 rings (SSSR count). The van der Waals surface area contributed by atoms with Gasteiger partial charge < -0.3 is 14.2 Å². The Morgan fingerprint density at radius 3 is 2.58 bits per heavy atom. The molecule has 1 aliphatic rings. The van der Waals surface area contributed by atoms with Crippen LogP contribution in [0, 0.1) is 0 Å². The Balaban J connectivity index is 2.38. The third-order valence-electron chi connectivity index (χ3n) is 3.53. The average Bonchev–Trinajstić information content (AvgIpc) is 2.68. The molecule has 0 saturated carbocycles. The number of halogens is 1. The van der Waals surface area contributed by atoms with E-state index in [9.17, 15) is 19.2 Å². The summed E-state index contributed by atoms with van der Waals surface area (Å²) in [5.74, 6) is -1.37. The maximum Gasteiger partial charge on any atom is 0.330 e. The number of alkyl halides is 1. The first kappa shape index (κ1) is 17.9. The smallest absolute Gasteiger partial charge is 0.330 e. The molecule has 9 nitrogen and oxygen atoms in total. The van der Waals surface area contributed by atoms with Gasteiger partial charge in [0.25, 0.3) is 5.56 Å². The summed E-state index contributed by atoms with van der Waals surface area (Å²) in [4.78, 5) is 47.2. The SMILES string of the molecule is CC(=O)OCC1O[C@@H](n2ccc(=O)[nH]c2=O)[C@](C)(F)C1OC(C)=O. The molecule has 24 heavy (non-hydrogen) atoms. The lowest BCUT2D eigenvalue weighted by atomic mass is 9.98. The summed E-state index contributed by atoms with van der Waals surface area (Å²) >= 11 is 0. The van der Waals surface area contributed by atoms with Crippen molar-refractivity contribution in [2.75, 3.05) is 6.61 Å². The van der Waals surface area contributed by atoms with Gasteiger partial charge in [0.15, 0.2) is 18.0 Å². The van der Waals surface area contributed by atoms with Crippen molar-refractivity contribution in [1.29, 1.82) is 0 Å². The van der Waals surface area contributed by atoms with Gasteiger partial charge in [-0.05, 0) is 6.92 Å². The number of carbonyl (C=O) groups excluding carboxylic acids is 2. The zero-order valence-electron chi connectivity index (χ0n) is 13.3. The number of hydrogen-bond acceptors (Lipinski definition) is 7. The van der Waals surface area contributed by atoms with Crippen molar-refractivity contribution in [3.63, 3.8) is 0 Å². The van der Waals surface area contributed by atoms with Crippen molar-refractivity contribution < 1.29 is 28.2 Å². The topological polar surface area (TPSA) is 117 Å². The number of aromatic nitrogens is 2. The minimum absolute atomic E-state index is 0.360. The van der Waals surface area contributed by atoms with E-state index in [1.165, 1.54) is 0 Å². The third kappa shape index (κ3) is 3.53. The number of rotatable bonds is 4. The molecular weight excluding hydrogens is 327 g/mol. The van der Waals surface area contributed by atoms with Gasteiger partial charge in [-0.1, -0.05) is 0 Å². The molecule has 132 valence electrons. The molecule has 1 fully saturated rings. The van der Waals surface area contributed by atoms with Gasteiger partial charge in [0, 0.05) is 26.1 Å². The summed E-state index contributed by atoms with van der Waals surface area (Å²) < 4.78 is 31.3. The van der Waals surface area contributed by atoms with Crippen LogP contribution in [0.5, 0.6) is 0 Å². The maximum absolute atomic E-state index is 15.2. The van der Waals surface area contributed by atoms with Crippen LogP contribution in [-0.2, 0) is 23.8 Å². The second kappa shape index (κ2) is 6.56. The second-order valence-electron chi connectivity index (χ2n) is 5.53. The molecule has 1 aromatic rings. The standard InChI is InChI=1S/C14H17FN2O7/c1-7(18)22-6-9-11(23-8(2)19)14(3,15)12(24-9)17-5-4-10(20)16-13(17)21/h4-5,9,11-12H,6H2,1-3H3,(H,16,20,21)/t9?,11?,12-,14-/m1/s1. The molecule has 1 aromatic heterocycles. The van der Waals surface area contributed by atoms with E-state index in [0.717, 1.165) is 37.6 Å². The fourth-order valence-electron chi connectivity index (χ4n) is 2.52. The van der Waals surface area contributed by atoms with Crippen molar-refractivity contribution in [2.45, 2.75) is 44.9 Å². The van der Waals surface area contributed by atoms with Gasteiger partial charge in [0.05, 0.1) is 0 Å². The lowest BCUT2D eigenvalue weighted by molar-refractivity contribution is -0.158. The summed E-state index contributed by atoms with van der Waals surface area (Å²) in [7, 11) is 0. The van der Waals surface area contributed by atoms with E-state index in [-0.39, 0.29) is 6.61 Å². The molecule has 1 N–H and O–H groups in total. The molecule has 0 aliphatic carbocycles. The number of nitrogens with one attached hydrogen (secondary N) is 1. The third-order valence-corrected chi connectivity index (χ3v) is 3.53. The molecular formula is C14H17FN2O7. The van der Waals surface area contributed by atoms with Crippen LogP contribution < -0.4 is 11.2 Å². The van der Waals surface area contributed by atoms with Crippen LogP contribution in [0.25, 0.3) is 0 Å². The predicted molar refractivity (Wildman–Crippen MR) is 76.9 cm³/mol. The zero-order valence-corrected chi connectivity index (χ0v) is 13.3. The predicted octanol–water partition coefficient (Wildman–Crippen LogP) is -0.343. The lowest BCUT2D eigenvalue weighted by Crippen LogP contribution is -2.46. The Morgan fingerprint density at radius 2 is 2.04 bits per heavy atom. The van der Waals surface area contributed by atoms with Crippen LogP contribution in [0.15, 0.2) is 21.9 Å². The minimum atomic E-state index is -2.31. The summed E-state index contributed by atoms with van der Waals surface area (Å²) in [6.07, 6.45) is -2.93. The van der Waals surface area contributed by atoms with E-state index in [1.807, 2.05) is 4.98 Å². The van der Waals surface area contributed by atoms with E-state index >= 15 is 4.39 Å². The van der Waals surface area contributed by atoms with E-state index < -0.39 is 47.3 Å². The molecule has 2 unspecified atom stereocenters. The Bertz CT molecular complexity index is 754. The van der Waals surface area contributed by atoms with Crippen molar-refractivity contribution in [3.8, 4) is 0 Å². The fraction of sp³-hybridized carbons (Fsp3) is 0.571. The van der Waals surface area contributed by atoms with Gasteiger partial charge in [-0.25, -0.2) is 9.18 Å². The number of hydrogen-bond donors (Lipinski definition) is 1.